The van der Waals surface area contributed by atoms with Crippen LogP contribution in [0.2, 0.25) is 0 Å². The number of rotatable bonds is 5. The van der Waals surface area contributed by atoms with Crippen LogP contribution in [0.1, 0.15) is 19.0 Å². The van der Waals surface area contributed by atoms with Crippen molar-refractivity contribution in [3.8, 4) is 11.3 Å². The van der Waals surface area contributed by atoms with Crippen molar-refractivity contribution in [1.29, 1.82) is 0 Å². The van der Waals surface area contributed by atoms with Crippen molar-refractivity contribution < 1.29 is 8.91 Å². The second-order valence-electron chi connectivity index (χ2n) is 3.75. The van der Waals surface area contributed by atoms with Crippen LogP contribution in [0.15, 0.2) is 29.0 Å². The van der Waals surface area contributed by atoms with Crippen LogP contribution in [-0.2, 0) is 6.54 Å². The number of hydrogen-bond acceptors (Lipinski definition) is 4. The largest absolute Gasteiger partial charge is 0.356 e. The Bertz CT molecular complexity index is 484. The summed E-state index contributed by atoms with van der Waals surface area (Å²) in [5.74, 6) is 0.148. The third kappa shape index (κ3) is 3.10. The second kappa shape index (κ2) is 5.54. The van der Waals surface area contributed by atoms with E-state index in [0.717, 1.165) is 24.9 Å². The van der Waals surface area contributed by atoms with Gasteiger partial charge in [0.1, 0.15) is 5.82 Å². The van der Waals surface area contributed by atoms with Crippen molar-refractivity contribution in [3.63, 3.8) is 0 Å². The normalized spacial score (nSPS) is 10.7. The standard InChI is InChI=1S/C12H14FN3O/c1-2-3-14-8-11-5-12(17-16-11)9-4-10(13)7-15-6-9/h4-7,14H,2-3,8H2,1H3. The van der Waals surface area contributed by atoms with Crippen LogP contribution in [0.25, 0.3) is 11.3 Å². The minimum absolute atomic E-state index is 0.385. The van der Waals surface area contributed by atoms with E-state index < -0.39 is 0 Å². The van der Waals surface area contributed by atoms with Crippen LogP contribution in [0, 0.1) is 5.82 Å². The topological polar surface area (TPSA) is 51.0 Å². The smallest absolute Gasteiger partial charge is 0.168 e. The molecule has 2 heterocycles. The van der Waals surface area contributed by atoms with Gasteiger partial charge in [-0.25, -0.2) is 4.39 Å². The summed E-state index contributed by atoms with van der Waals surface area (Å²) in [7, 11) is 0. The number of halogens is 1. The summed E-state index contributed by atoms with van der Waals surface area (Å²) in [6.45, 7) is 3.68. The van der Waals surface area contributed by atoms with Crippen LogP contribution < -0.4 is 5.32 Å². The van der Waals surface area contributed by atoms with Crippen LogP contribution in [0.3, 0.4) is 0 Å². The van der Waals surface area contributed by atoms with E-state index in [4.69, 9.17) is 4.52 Å². The van der Waals surface area contributed by atoms with Crippen LogP contribution in [0.5, 0.6) is 0 Å². The summed E-state index contributed by atoms with van der Waals surface area (Å²) in [5.41, 5.74) is 1.40. The van der Waals surface area contributed by atoms with Gasteiger partial charge in [0.15, 0.2) is 5.76 Å². The van der Waals surface area contributed by atoms with Gasteiger partial charge < -0.3 is 9.84 Å². The van der Waals surface area contributed by atoms with Gasteiger partial charge in [-0.05, 0) is 19.0 Å². The molecule has 1 N–H and O–H groups in total. The van der Waals surface area contributed by atoms with Crippen molar-refractivity contribution in [1.82, 2.24) is 15.5 Å². The molecule has 0 aromatic carbocycles. The van der Waals surface area contributed by atoms with Gasteiger partial charge >= 0.3 is 0 Å². The molecule has 0 saturated carbocycles. The molecule has 0 amide bonds. The summed E-state index contributed by atoms with van der Waals surface area (Å²) in [5, 5.41) is 7.12. The molecule has 17 heavy (non-hydrogen) atoms. The van der Waals surface area contributed by atoms with Gasteiger partial charge in [0.2, 0.25) is 0 Å². The fourth-order valence-electron chi connectivity index (χ4n) is 1.47. The van der Waals surface area contributed by atoms with Crippen LogP contribution in [0.4, 0.5) is 4.39 Å². The Kier molecular flexibility index (Phi) is 3.82. The minimum atomic E-state index is -0.385. The molecule has 0 atom stereocenters. The van der Waals surface area contributed by atoms with Crippen molar-refractivity contribution in [2.45, 2.75) is 19.9 Å². The average Bonchev–Trinajstić information content (AvgIpc) is 2.78. The molecule has 2 aromatic rings. The fraction of sp³-hybridized carbons (Fsp3) is 0.333. The van der Waals surface area contributed by atoms with E-state index in [0.29, 0.717) is 17.9 Å². The Labute approximate surface area is 98.8 Å². The molecule has 0 fully saturated rings. The molecule has 2 aromatic heterocycles. The van der Waals surface area contributed by atoms with E-state index >= 15 is 0 Å². The number of nitrogens with zero attached hydrogens (tertiary/aromatic N) is 2. The van der Waals surface area contributed by atoms with Crippen molar-refractivity contribution in [2.24, 2.45) is 0 Å². The molecule has 0 unspecified atom stereocenters. The lowest BCUT2D eigenvalue weighted by atomic mass is 10.2. The summed E-state index contributed by atoms with van der Waals surface area (Å²) >= 11 is 0. The van der Waals surface area contributed by atoms with Crippen molar-refractivity contribution in [2.75, 3.05) is 6.54 Å². The highest BCUT2D eigenvalue weighted by atomic mass is 19.1. The molecule has 90 valence electrons. The van der Waals surface area contributed by atoms with Gasteiger partial charge in [-0.1, -0.05) is 12.1 Å². The van der Waals surface area contributed by atoms with Gasteiger partial charge in [0.05, 0.1) is 11.9 Å². The predicted octanol–water partition coefficient (Wildman–Crippen LogP) is 2.38. The Morgan fingerprint density at radius 3 is 3.00 bits per heavy atom. The van der Waals surface area contributed by atoms with E-state index in [1.165, 1.54) is 6.07 Å². The highest BCUT2D eigenvalue weighted by Gasteiger charge is 2.07. The maximum Gasteiger partial charge on any atom is 0.168 e. The zero-order valence-corrected chi connectivity index (χ0v) is 9.61. The highest BCUT2D eigenvalue weighted by Crippen LogP contribution is 2.19. The lowest BCUT2D eigenvalue weighted by Gasteiger charge is -1.96. The highest BCUT2D eigenvalue weighted by molar-refractivity contribution is 5.55. The molecule has 0 spiro atoms. The summed E-state index contributed by atoms with van der Waals surface area (Å²) < 4.78 is 18.1. The number of aromatic nitrogens is 2. The van der Waals surface area contributed by atoms with E-state index in [1.807, 2.05) is 0 Å². The maximum atomic E-state index is 13.0. The quantitative estimate of drug-likeness (QED) is 0.808. The molecule has 0 radical (unpaired) electrons. The van der Waals surface area contributed by atoms with E-state index in [9.17, 15) is 4.39 Å². The summed E-state index contributed by atoms with van der Waals surface area (Å²) in [6.07, 6.45) is 3.77. The SMILES string of the molecule is CCCNCc1cc(-c2cncc(F)c2)on1. The van der Waals surface area contributed by atoms with Gasteiger partial charge in [-0.3, -0.25) is 4.98 Å². The third-order valence-corrected chi connectivity index (χ3v) is 2.28. The van der Waals surface area contributed by atoms with E-state index in [-0.39, 0.29) is 5.82 Å². The van der Waals surface area contributed by atoms with Gasteiger partial charge in [0, 0.05) is 24.4 Å². The molecule has 0 aliphatic carbocycles. The zero-order valence-electron chi connectivity index (χ0n) is 9.61. The Hall–Kier alpha value is -1.75. The van der Waals surface area contributed by atoms with Crippen LogP contribution >= 0.6 is 0 Å². The summed E-state index contributed by atoms with van der Waals surface area (Å²) in [6, 6.07) is 3.16. The molecule has 4 nitrogen and oxygen atoms in total. The van der Waals surface area contributed by atoms with Gasteiger partial charge in [0.25, 0.3) is 0 Å². The molecule has 2 rings (SSSR count). The Morgan fingerprint density at radius 1 is 1.35 bits per heavy atom. The average molecular weight is 235 g/mol. The first-order chi connectivity index (χ1) is 8.29. The lowest BCUT2D eigenvalue weighted by Crippen LogP contribution is -2.13. The minimum Gasteiger partial charge on any atom is -0.356 e. The Balaban J connectivity index is 2.07. The molecule has 0 aliphatic rings. The molecule has 5 heteroatoms. The monoisotopic (exact) mass is 235 g/mol. The van der Waals surface area contributed by atoms with E-state index in [1.54, 1.807) is 12.3 Å². The van der Waals surface area contributed by atoms with Crippen LogP contribution in [-0.4, -0.2) is 16.7 Å². The van der Waals surface area contributed by atoms with E-state index in [2.05, 4.69) is 22.4 Å². The first-order valence-corrected chi connectivity index (χ1v) is 5.57. The molecular formula is C12H14FN3O. The predicted molar refractivity (Wildman–Crippen MR) is 61.7 cm³/mol. The first kappa shape index (κ1) is 11.7. The first-order valence-electron chi connectivity index (χ1n) is 5.57. The Morgan fingerprint density at radius 2 is 2.24 bits per heavy atom. The van der Waals surface area contributed by atoms with Crippen molar-refractivity contribution >= 4 is 0 Å². The number of pyridine rings is 1. The lowest BCUT2D eigenvalue weighted by molar-refractivity contribution is 0.419. The second-order valence-corrected chi connectivity index (χ2v) is 3.75. The van der Waals surface area contributed by atoms with Gasteiger partial charge in [-0.15, -0.1) is 0 Å². The fourth-order valence-corrected chi connectivity index (χ4v) is 1.47. The van der Waals surface area contributed by atoms with Gasteiger partial charge in [-0.2, -0.15) is 0 Å². The molecule has 0 bridgehead atoms. The molecule has 0 aliphatic heterocycles. The number of nitrogens with one attached hydrogen (secondary N) is 1. The molecule has 0 saturated heterocycles. The van der Waals surface area contributed by atoms with Crippen molar-refractivity contribution in [3.05, 3.63) is 36.0 Å². The number of hydrogen-bond donors (Lipinski definition) is 1. The molecular weight excluding hydrogens is 221 g/mol. The third-order valence-electron chi connectivity index (χ3n) is 2.28. The summed E-state index contributed by atoms with van der Waals surface area (Å²) in [4.78, 5) is 3.77. The maximum absolute atomic E-state index is 13.0. The zero-order chi connectivity index (χ0) is 12.1.